The van der Waals surface area contributed by atoms with Crippen molar-refractivity contribution in [3.05, 3.63) is 12.2 Å². The van der Waals surface area contributed by atoms with Crippen LogP contribution in [0.5, 0.6) is 0 Å². The summed E-state index contributed by atoms with van der Waals surface area (Å²) in [6, 6.07) is 0. The number of rotatable bonds is 8. The third-order valence-corrected chi connectivity index (χ3v) is 1.87. The van der Waals surface area contributed by atoms with Gasteiger partial charge >= 0.3 is 11.9 Å². The van der Waals surface area contributed by atoms with Gasteiger partial charge in [-0.1, -0.05) is 0 Å². The van der Waals surface area contributed by atoms with Crippen molar-refractivity contribution in [2.75, 3.05) is 33.4 Å². The van der Waals surface area contributed by atoms with Crippen LogP contribution in [0.1, 0.15) is 6.92 Å². The largest absolute Gasteiger partial charge is 0.478 e. The fourth-order valence-electron chi connectivity index (χ4n) is 1.08. The Balaban J connectivity index is 4.50. The Kier molecular flexibility index (Phi) is 8.21. The molecule has 0 aromatic carbocycles. The molecular formula is C11H17NO6. The summed E-state index contributed by atoms with van der Waals surface area (Å²) in [4.78, 5) is 34.3. The van der Waals surface area contributed by atoms with Gasteiger partial charge in [-0.15, -0.1) is 0 Å². The molecule has 0 bridgehead atoms. The van der Waals surface area contributed by atoms with Gasteiger partial charge in [0.05, 0.1) is 13.2 Å². The molecule has 1 N–H and O–H groups in total. The maximum atomic E-state index is 11.6. The van der Waals surface area contributed by atoms with E-state index in [1.165, 1.54) is 7.11 Å². The highest BCUT2D eigenvalue weighted by Gasteiger charge is 2.15. The number of aliphatic carboxylic acids is 1. The molecule has 0 aromatic rings. The zero-order valence-corrected chi connectivity index (χ0v) is 10.4. The van der Waals surface area contributed by atoms with Crippen molar-refractivity contribution in [2.45, 2.75) is 6.92 Å². The van der Waals surface area contributed by atoms with Gasteiger partial charge in [0, 0.05) is 25.8 Å². The molecule has 7 heteroatoms. The first-order valence-corrected chi connectivity index (χ1v) is 5.35. The fraction of sp³-hybridized carbons (Fsp3) is 0.545. The number of methoxy groups -OCH3 is 1. The van der Waals surface area contributed by atoms with Crippen LogP contribution in [0.3, 0.4) is 0 Å². The zero-order chi connectivity index (χ0) is 14.0. The van der Waals surface area contributed by atoms with Gasteiger partial charge in [0.1, 0.15) is 6.54 Å². The summed E-state index contributed by atoms with van der Waals surface area (Å²) in [5.74, 6) is -2.36. The lowest BCUT2D eigenvalue weighted by atomic mass is 10.4. The van der Waals surface area contributed by atoms with E-state index in [2.05, 4.69) is 0 Å². The van der Waals surface area contributed by atoms with E-state index in [-0.39, 0.29) is 26.3 Å². The number of carboxylic acid groups (broad SMARTS) is 1. The molecule has 0 radical (unpaired) electrons. The normalized spacial score (nSPS) is 10.3. The number of hydrogen-bond donors (Lipinski definition) is 1. The molecule has 0 fully saturated rings. The summed E-state index contributed by atoms with van der Waals surface area (Å²) >= 11 is 0. The minimum Gasteiger partial charge on any atom is -0.478 e. The summed E-state index contributed by atoms with van der Waals surface area (Å²) in [6.45, 7) is 2.06. The summed E-state index contributed by atoms with van der Waals surface area (Å²) in [7, 11) is 1.46. The fourth-order valence-corrected chi connectivity index (χ4v) is 1.08. The molecule has 0 unspecified atom stereocenters. The number of hydrogen-bond acceptors (Lipinski definition) is 5. The molecule has 0 saturated heterocycles. The second kappa shape index (κ2) is 9.17. The monoisotopic (exact) mass is 259 g/mol. The van der Waals surface area contributed by atoms with Gasteiger partial charge in [-0.25, -0.2) is 4.79 Å². The highest BCUT2D eigenvalue weighted by molar-refractivity contribution is 5.95. The Labute approximate surface area is 105 Å². The Bertz CT molecular complexity index is 325. The van der Waals surface area contributed by atoms with Crippen molar-refractivity contribution in [2.24, 2.45) is 0 Å². The van der Waals surface area contributed by atoms with E-state index in [1.807, 2.05) is 0 Å². The van der Waals surface area contributed by atoms with Gasteiger partial charge < -0.3 is 19.5 Å². The van der Waals surface area contributed by atoms with Gasteiger partial charge in [-0.05, 0) is 6.92 Å². The zero-order valence-electron chi connectivity index (χ0n) is 10.4. The Hall–Kier alpha value is -1.89. The summed E-state index contributed by atoms with van der Waals surface area (Å²) < 4.78 is 9.52. The molecule has 0 aliphatic carbocycles. The molecule has 18 heavy (non-hydrogen) atoms. The van der Waals surface area contributed by atoms with Crippen LogP contribution in [-0.4, -0.2) is 61.3 Å². The van der Waals surface area contributed by atoms with Crippen molar-refractivity contribution in [3.8, 4) is 0 Å². The number of carbonyl (C=O) groups is 3. The molecule has 7 nitrogen and oxygen atoms in total. The van der Waals surface area contributed by atoms with Crippen molar-refractivity contribution >= 4 is 17.8 Å². The van der Waals surface area contributed by atoms with Gasteiger partial charge in [0.2, 0.25) is 5.91 Å². The summed E-state index contributed by atoms with van der Waals surface area (Å²) in [5, 5.41) is 8.41. The molecular weight excluding hydrogens is 242 g/mol. The maximum Gasteiger partial charge on any atom is 0.328 e. The number of ether oxygens (including phenoxy) is 2. The standard InChI is InChI=1S/C11H17NO6/c1-3-18-11(16)8-12(6-7-17-2)9(13)4-5-10(14)15/h4-5H,3,6-8H2,1-2H3,(H,14,15)/b5-4+. The maximum absolute atomic E-state index is 11.6. The Morgan fingerprint density at radius 1 is 1.28 bits per heavy atom. The second-order valence-corrected chi connectivity index (χ2v) is 3.23. The molecule has 0 aliphatic rings. The number of amides is 1. The lowest BCUT2D eigenvalue weighted by molar-refractivity contribution is -0.148. The average molecular weight is 259 g/mol. The number of carbonyl (C=O) groups excluding carboxylic acids is 2. The van der Waals surface area contributed by atoms with Crippen LogP contribution in [0.25, 0.3) is 0 Å². The first kappa shape index (κ1) is 16.1. The minimum absolute atomic E-state index is 0.179. The number of nitrogens with zero attached hydrogens (tertiary/aromatic N) is 1. The van der Waals surface area contributed by atoms with Crippen molar-refractivity contribution in [3.63, 3.8) is 0 Å². The van der Waals surface area contributed by atoms with Crippen LogP contribution in [0.4, 0.5) is 0 Å². The average Bonchev–Trinajstić information content (AvgIpc) is 2.31. The van der Waals surface area contributed by atoms with E-state index in [4.69, 9.17) is 14.6 Å². The molecule has 0 rings (SSSR count). The Morgan fingerprint density at radius 2 is 1.94 bits per heavy atom. The first-order chi connectivity index (χ1) is 8.51. The van der Waals surface area contributed by atoms with Crippen LogP contribution < -0.4 is 0 Å². The van der Waals surface area contributed by atoms with Gasteiger partial charge in [-0.3, -0.25) is 9.59 Å². The quantitative estimate of drug-likeness (QED) is 0.473. The highest BCUT2D eigenvalue weighted by atomic mass is 16.5. The van der Waals surface area contributed by atoms with Crippen molar-refractivity contribution < 1.29 is 29.0 Å². The lowest BCUT2D eigenvalue weighted by Crippen LogP contribution is -2.37. The molecule has 0 aliphatic heterocycles. The van der Waals surface area contributed by atoms with Crippen molar-refractivity contribution in [1.82, 2.24) is 4.90 Å². The first-order valence-electron chi connectivity index (χ1n) is 5.35. The van der Waals surface area contributed by atoms with Gasteiger partial charge in [0.25, 0.3) is 0 Å². The third kappa shape index (κ3) is 7.39. The van der Waals surface area contributed by atoms with Crippen LogP contribution in [0.2, 0.25) is 0 Å². The van der Waals surface area contributed by atoms with Crippen LogP contribution in [0.15, 0.2) is 12.2 Å². The molecule has 0 saturated carbocycles. The van der Waals surface area contributed by atoms with Crippen LogP contribution >= 0.6 is 0 Å². The summed E-state index contributed by atoms with van der Waals surface area (Å²) in [6.07, 6.45) is 1.60. The highest BCUT2D eigenvalue weighted by Crippen LogP contribution is 1.94. The summed E-state index contributed by atoms with van der Waals surface area (Å²) in [5.41, 5.74) is 0. The topological polar surface area (TPSA) is 93.1 Å². The predicted molar refractivity (Wildman–Crippen MR) is 61.9 cm³/mol. The molecule has 102 valence electrons. The van der Waals surface area contributed by atoms with Gasteiger partial charge in [-0.2, -0.15) is 0 Å². The van der Waals surface area contributed by atoms with E-state index < -0.39 is 17.8 Å². The lowest BCUT2D eigenvalue weighted by Gasteiger charge is -2.19. The Morgan fingerprint density at radius 3 is 2.44 bits per heavy atom. The van der Waals surface area contributed by atoms with Crippen LogP contribution in [0, 0.1) is 0 Å². The van der Waals surface area contributed by atoms with E-state index in [0.29, 0.717) is 6.08 Å². The van der Waals surface area contributed by atoms with E-state index in [1.54, 1.807) is 6.92 Å². The second-order valence-electron chi connectivity index (χ2n) is 3.23. The third-order valence-electron chi connectivity index (χ3n) is 1.87. The predicted octanol–water partition coefficient (Wildman–Crippen LogP) is -0.335. The molecule has 0 aromatic heterocycles. The molecule has 0 spiro atoms. The SMILES string of the molecule is CCOC(=O)CN(CCOC)C(=O)/C=C/C(=O)O. The van der Waals surface area contributed by atoms with Crippen molar-refractivity contribution in [1.29, 1.82) is 0 Å². The van der Waals surface area contributed by atoms with Gasteiger partial charge in [0.15, 0.2) is 0 Å². The number of esters is 1. The van der Waals surface area contributed by atoms with E-state index in [9.17, 15) is 14.4 Å². The minimum atomic E-state index is -1.23. The number of carboxylic acids is 1. The molecule has 0 heterocycles. The molecule has 0 atom stereocenters. The van der Waals surface area contributed by atoms with E-state index in [0.717, 1.165) is 11.0 Å². The van der Waals surface area contributed by atoms with E-state index >= 15 is 0 Å². The molecule has 1 amide bonds. The van der Waals surface area contributed by atoms with Crippen LogP contribution in [-0.2, 0) is 23.9 Å². The smallest absolute Gasteiger partial charge is 0.328 e.